The van der Waals surface area contributed by atoms with E-state index >= 15 is 0 Å². The Morgan fingerprint density at radius 3 is 2.81 bits per heavy atom. The fourth-order valence-corrected chi connectivity index (χ4v) is 3.02. The van der Waals surface area contributed by atoms with E-state index in [1.165, 1.54) is 0 Å². The number of pyridine rings is 1. The molecule has 104 valence electrons. The SMILES string of the molecule is O=C(Cc1ccc(Br)cc1Cl)c1cccc2ncccc12. The van der Waals surface area contributed by atoms with Crippen LogP contribution in [0.2, 0.25) is 5.02 Å². The van der Waals surface area contributed by atoms with Crippen molar-refractivity contribution in [3.8, 4) is 0 Å². The van der Waals surface area contributed by atoms with Gasteiger partial charge in [0.25, 0.3) is 0 Å². The van der Waals surface area contributed by atoms with Crippen molar-refractivity contribution in [1.29, 1.82) is 0 Å². The van der Waals surface area contributed by atoms with Gasteiger partial charge in [-0.2, -0.15) is 0 Å². The van der Waals surface area contributed by atoms with E-state index in [4.69, 9.17) is 11.6 Å². The molecule has 3 aromatic rings. The Morgan fingerprint density at radius 2 is 2.00 bits per heavy atom. The number of halogens is 2. The van der Waals surface area contributed by atoms with Crippen LogP contribution in [0.15, 0.2) is 59.2 Å². The summed E-state index contributed by atoms with van der Waals surface area (Å²) in [7, 11) is 0. The number of benzene rings is 2. The second kappa shape index (κ2) is 5.96. The van der Waals surface area contributed by atoms with Crippen molar-refractivity contribution in [2.24, 2.45) is 0 Å². The molecule has 2 nitrogen and oxygen atoms in total. The second-order valence-electron chi connectivity index (χ2n) is 4.71. The Labute approximate surface area is 135 Å². The third-order valence-corrected chi connectivity index (χ3v) is 4.16. The molecule has 0 aliphatic heterocycles. The highest BCUT2D eigenvalue weighted by Crippen LogP contribution is 2.24. The summed E-state index contributed by atoms with van der Waals surface area (Å²) in [6.07, 6.45) is 2.00. The van der Waals surface area contributed by atoms with Gasteiger partial charge in [-0.25, -0.2) is 0 Å². The molecule has 3 rings (SSSR count). The summed E-state index contributed by atoms with van der Waals surface area (Å²) >= 11 is 9.55. The number of carbonyl (C=O) groups is 1. The Balaban J connectivity index is 1.97. The van der Waals surface area contributed by atoms with Crippen LogP contribution in [-0.2, 0) is 6.42 Å². The highest BCUT2D eigenvalue weighted by atomic mass is 79.9. The molecule has 0 amide bonds. The van der Waals surface area contributed by atoms with Gasteiger partial charge in [-0.3, -0.25) is 9.78 Å². The van der Waals surface area contributed by atoms with Crippen LogP contribution in [0.3, 0.4) is 0 Å². The molecule has 1 heterocycles. The molecule has 21 heavy (non-hydrogen) atoms. The van der Waals surface area contributed by atoms with Gasteiger partial charge < -0.3 is 0 Å². The van der Waals surface area contributed by atoms with Crippen molar-refractivity contribution in [3.05, 3.63) is 75.4 Å². The molecule has 0 aliphatic rings. The first-order valence-electron chi connectivity index (χ1n) is 6.46. The van der Waals surface area contributed by atoms with Crippen molar-refractivity contribution < 1.29 is 4.79 Å². The molecule has 0 saturated carbocycles. The third kappa shape index (κ3) is 2.99. The molecule has 0 N–H and O–H groups in total. The lowest BCUT2D eigenvalue weighted by molar-refractivity contribution is 0.0994. The molecule has 4 heteroatoms. The molecule has 0 bridgehead atoms. The van der Waals surface area contributed by atoms with Crippen LogP contribution in [-0.4, -0.2) is 10.8 Å². The maximum Gasteiger partial charge on any atom is 0.167 e. The van der Waals surface area contributed by atoms with Gasteiger partial charge in [0.05, 0.1) is 5.52 Å². The van der Waals surface area contributed by atoms with Crippen molar-refractivity contribution >= 4 is 44.2 Å². The van der Waals surface area contributed by atoms with Crippen LogP contribution in [0.5, 0.6) is 0 Å². The van der Waals surface area contributed by atoms with Crippen molar-refractivity contribution in [2.45, 2.75) is 6.42 Å². The summed E-state index contributed by atoms with van der Waals surface area (Å²) in [5.74, 6) is 0.0397. The van der Waals surface area contributed by atoms with E-state index in [0.29, 0.717) is 10.6 Å². The maximum atomic E-state index is 12.6. The Morgan fingerprint density at radius 1 is 1.14 bits per heavy atom. The summed E-state index contributed by atoms with van der Waals surface area (Å²) in [5, 5.41) is 1.47. The van der Waals surface area contributed by atoms with E-state index in [2.05, 4.69) is 20.9 Å². The molecular formula is C17H11BrClNO. The highest BCUT2D eigenvalue weighted by Gasteiger charge is 2.13. The Bertz CT molecular complexity index is 827. The molecular weight excluding hydrogens is 350 g/mol. The number of hydrogen-bond donors (Lipinski definition) is 0. The molecule has 0 unspecified atom stereocenters. The molecule has 0 fully saturated rings. The normalized spacial score (nSPS) is 10.8. The summed E-state index contributed by atoms with van der Waals surface area (Å²) in [4.78, 5) is 16.8. The van der Waals surface area contributed by atoms with Gasteiger partial charge in [-0.1, -0.05) is 51.8 Å². The smallest absolute Gasteiger partial charge is 0.167 e. The topological polar surface area (TPSA) is 30.0 Å². The van der Waals surface area contributed by atoms with Crippen molar-refractivity contribution in [3.63, 3.8) is 0 Å². The van der Waals surface area contributed by atoms with Crippen LogP contribution in [0, 0.1) is 0 Å². The van der Waals surface area contributed by atoms with Gasteiger partial charge >= 0.3 is 0 Å². The number of hydrogen-bond acceptors (Lipinski definition) is 2. The summed E-state index contributed by atoms with van der Waals surface area (Å²) in [6.45, 7) is 0. The molecule has 0 atom stereocenters. The zero-order chi connectivity index (χ0) is 14.8. The number of rotatable bonds is 3. The monoisotopic (exact) mass is 359 g/mol. The highest BCUT2D eigenvalue weighted by molar-refractivity contribution is 9.10. The number of fused-ring (bicyclic) bond motifs is 1. The summed E-state index contributed by atoms with van der Waals surface area (Å²) in [5.41, 5.74) is 2.33. The van der Waals surface area contributed by atoms with Crippen molar-refractivity contribution in [2.75, 3.05) is 0 Å². The minimum atomic E-state index is 0.0397. The first kappa shape index (κ1) is 14.2. The first-order chi connectivity index (χ1) is 10.1. The second-order valence-corrected chi connectivity index (χ2v) is 6.03. The number of carbonyl (C=O) groups excluding carboxylic acids is 1. The van der Waals surface area contributed by atoms with E-state index in [9.17, 15) is 4.79 Å². The number of nitrogens with zero attached hydrogens (tertiary/aromatic N) is 1. The number of aromatic nitrogens is 1. The third-order valence-electron chi connectivity index (χ3n) is 3.31. The average molecular weight is 361 g/mol. The molecule has 0 spiro atoms. The van der Waals surface area contributed by atoms with Gasteiger partial charge in [-0.05, 0) is 29.8 Å². The predicted molar refractivity (Wildman–Crippen MR) is 88.9 cm³/mol. The number of ketones is 1. The lowest BCUT2D eigenvalue weighted by atomic mass is 9.99. The zero-order valence-electron chi connectivity index (χ0n) is 11.0. The van der Waals surface area contributed by atoms with E-state index in [0.717, 1.165) is 20.9 Å². The van der Waals surface area contributed by atoms with Gasteiger partial charge in [0.1, 0.15) is 0 Å². The van der Waals surface area contributed by atoms with Crippen LogP contribution >= 0.6 is 27.5 Å². The van der Waals surface area contributed by atoms with Gasteiger partial charge in [0.15, 0.2) is 5.78 Å². The first-order valence-corrected chi connectivity index (χ1v) is 7.63. The van der Waals surface area contributed by atoms with E-state index in [1.807, 2.05) is 42.5 Å². The zero-order valence-corrected chi connectivity index (χ0v) is 13.4. The summed E-state index contributed by atoms with van der Waals surface area (Å²) < 4.78 is 0.901. The van der Waals surface area contributed by atoms with Gasteiger partial charge in [0.2, 0.25) is 0 Å². The van der Waals surface area contributed by atoms with Gasteiger partial charge in [-0.15, -0.1) is 0 Å². The van der Waals surface area contributed by atoms with Crippen LogP contribution < -0.4 is 0 Å². The molecule has 2 aromatic carbocycles. The number of Topliss-reactive ketones (excluding diaryl/α,β-unsaturated/α-hetero) is 1. The molecule has 0 radical (unpaired) electrons. The van der Waals surface area contributed by atoms with Crippen LogP contribution in [0.1, 0.15) is 15.9 Å². The predicted octanol–water partition coefficient (Wildman–Crippen LogP) is 5.08. The minimum Gasteiger partial charge on any atom is -0.294 e. The molecule has 0 aliphatic carbocycles. The standard InChI is InChI=1S/C17H11BrClNO/c18-12-7-6-11(15(19)10-12)9-17(21)14-3-1-5-16-13(14)4-2-8-20-16/h1-8,10H,9H2. The average Bonchev–Trinajstić information content (AvgIpc) is 2.49. The molecule has 0 saturated heterocycles. The van der Waals surface area contributed by atoms with Crippen molar-refractivity contribution in [1.82, 2.24) is 4.98 Å². The maximum absolute atomic E-state index is 12.6. The lowest BCUT2D eigenvalue weighted by Crippen LogP contribution is -2.05. The fourth-order valence-electron chi connectivity index (χ4n) is 2.28. The van der Waals surface area contributed by atoms with Gasteiger partial charge in [0, 0.05) is 33.1 Å². The minimum absolute atomic E-state index is 0.0397. The fraction of sp³-hybridized carbons (Fsp3) is 0.0588. The van der Waals surface area contributed by atoms with Crippen LogP contribution in [0.4, 0.5) is 0 Å². The van der Waals surface area contributed by atoms with E-state index in [1.54, 1.807) is 12.3 Å². The van der Waals surface area contributed by atoms with E-state index < -0.39 is 0 Å². The lowest BCUT2D eigenvalue weighted by Gasteiger charge is -2.07. The summed E-state index contributed by atoms with van der Waals surface area (Å²) in [6, 6.07) is 14.9. The quantitative estimate of drug-likeness (QED) is 0.610. The Kier molecular flexibility index (Phi) is 4.04. The largest absolute Gasteiger partial charge is 0.294 e. The molecule has 1 aromatic heterocycles. The van der Waals surface area contributed by atoms with E-state index in [-0.39, 0.29) is 12.2 Å². The van der Waals surface area contributed by atoms with Crippen LogP contribution in [0.25, 0.3) is 10.9 Å². The Hall–Kier alpha value is -1.71.